The van der Waals surface area contributed by atoms with E-state index in [1.54, 1.807) is 0 Å². The fraction of sp³-hybridized carbons (Fsp3) is 0.929. The molecule has 2 heteroatoms. The molecule has 0 aliphatic heterocycles. The third kappa shape index (κ3) is 11.7. The molecular formula is C14H29NO. The summed E-state index contributed by atoms with van der Waals surface area (Å²) in [6, 6.07) is 0. The van der Waals surface area contributed by atoms with E-state index in [1.165, 1.54) is 44.9 Å². The number of carbonyl (C=O) groups is 1. The fourth-order valence-corrected chi connectivity index (χ4v) is 1.88. The van der Waals surface area contributed by atoms with Crippen molar-refractivity contribution >= 4 is 5.78 Å². The van der Waals surface area contributed by atoms with Crippen molar-refractivity contribution in [2.24, 2.45) is 5.73 Å². The van der Waals surface area contributed by atoms with E-state index in [2.05, 4.69) is 6.92 Å². The fourth-order valence-electron chi connectivity index (χ4n) is 1.88. The van der Waals surface area contributed by atoms with Gasteiger partial charge in [0.15, 0.2) is 0 Å². The number of hydrogen-bond donors (Lipinski definition) is 1. The van der Waals surface area contributed by atoms with Gasteiger partial charge in [0, 0.05) is 12.8 Å². The second-order valence-electron chi connectivity index (χ2n) is 4.66. The largest absolute Gasteiger partial charge is 0.330 e. The van der Waals surface area contributed by atoms with Crippen molar-refractivity contribution in [3.8, 4) is 0 Å². The van der Waals surface area contributed by atoms with Crippen molar-refractivity contribution in [2.75, 3.05) is 6.54 Å². The van der Waals surface area contributed by atoms with Crippen LogP contribution in [0.5, 0.6) is 0 Å². The number of ketones is 1. The van der Waals surface area contributed by atoms with Gasteiger partial charge in [0.25, 0.3) is 0 Å². The molecule has 2 N–H and O–H groups in total. The van der Waals surface area contributed by atoms with Gasteiger partial charge in [-0.3, -0.25) is 4.79 Å². The van der Waals surface area contributed by atoms with Crippen LogP contribution in [0.25, 0.3) is 0 Å². The third-order valence-corrected chi connectivity index (χ3v) is 2.97. The molecule has 0 saturated carbocycles. The Morgan fingerprint density at radius 2 is 1.31 bits per heavy atom. The predicted molar refractivity (Wildman–Crippen MR) is 70.5 cm³/mol. The first kappa shape index (κ1) is 15.6. The van der Waals surface area contributed by atoms with Crippen LogP contribution in [-0.2, 0) is 4.79 Å². The molecule has 0 aromatic heterocycles. The Kier molecular flexibility index (Phi) is 12.4. The summed E-state index contributed by atoms with van der Waals surface area (Å²) in [6.45, 7) is 2.89. The van der Waals surface area contributed by atoms with Crippen LogP contribution in [0.15, 0.2) is 0 Å². The number of nitrogens with two attached hydrogens (primary N) is 1. The van der Waals surface area contributed by atoms with E-state index in [4.69, 9.17) is 5.73 Å². The number of hydrogen-bond acceptors (Lipinski definition) is 2. The lowest BCUT2D eigenvalue weighted by Crippen LogP contribution is -2.04. The van der Waals surface area contributed by atoms with Gasteiger partial charge in [0.05, 0.1) is 0 Å². The van der Waals surface area contributed by atoms with Crippen LogP contribution in [-0.4, -0.2) is 12.3 Å². The summed E-state index contributed by atoms with van der Waals surface area (Å²) >= 11 is 0. The maximum Gasteiger partial charge on any atom is 0.132 e. The van der Waals surface area contributed by atoms with E-state index in [0.717, 1.165) is 19.3 Å². The quantitative estimate of drug-likeness (QED) is 0.515. The van der Waals surface area contributed by atoms with Crippen molar-refractivity contribution in [1.29, 1.82) is 0 Å². The van der Waals surface area contributed by atoms with Crippen LogP contribution in [0, 0.1) is 0 Å². The number of rotatable bonds is 12. The van der Waals surface area contributed by atoms with Crippen molar-refractivity contribution in [2.45, 2.75) is 77.6 Å². The molecule has 0 spiro atoms. The summed E-state index contributed by atoms with van der Waals surface area (Å²) in [5.74, 6) is 0.399. The topological polar surface area (TPSA) is 43.1 Å². The van der Waals surface area contributed by atoms with E-state index < -0.39 is 0 Å². The normalized spacial score (nSPS) is 10.6. The lowest BCUT2D eigenvalue weighted by molar-refractivity contribution is -0.119. The highest BCUT2D eigenvalue weighted by atomic mass is 16.1. The SMILES string of the molecule is CCCCCCCCCCC(=O)CCCN. The molecule has 0 aromatic rings. The molecule has 0 amide bonds. The molecule has 2 nitrogen and oxygen atoms in total. The lowest BCUT2D eigenvalue weighted by Gasteiger charge is -2.01. The Bertz CT molecular complexity index is 157. The third-order valence-electron chi connectivity index (χ3n) is 2.97. The van der Waals surface area contributed by atoms with Gasteiger partial charge < -0.3 is 5.73 Å². The minimum absolute atomic E-state index is 0.399. The zero-order chi connectivity index (χ0) is 12.1. The molecule has 0 heterocycles. The zero-order valence-electron chi connectivity index (χ0n) is 11.0. The molecule has 96 valence electrons. The monoisotopic (exact) mass is 227 g/mol. The highest BCUT2D eigenvalue weighted by Gasteiger charge is 2.00. The first-order valence-electron chi connectivity index (χ1n) is 7.03. The molecular weight excluding hydrogens is 198 g/mol. The Hall–Kier alpha value is -0.370. The number of Topliss-reactive ketones (excluding diaryl/α,β-unsaturated/α-hetero) is 1. The first-order valence-corrected chi connectivity index (χ1v) is 7.03. The number of unbranched alkanes of at least 4 members (excludes halogenated alkanes) is 7. The molecule has 0 aromatic carbocycles. The predicted octanol–water partition coefficient (Wildman–Crippen LogP) is 3.83. The van der Waals surface area contributed by atoms with Crippen LogP contribution in [0.4, 0.5) is 0 Å². The van der Waals surface area contributed by atoms with Gasteiger partial charge in [-0.2, -0.15) is 0 Å². The second-order valence-corrected chi connectivity index (χ2v) is 4.66. The van der Waals surface area contributed by atoms with E-state index >= 15 is 0 Å². The molecule has 0 saturated heterocycles. The standard InChI is InChI=1S/C14H29NO/c1-2-3-4-5-6-7-8-9-11-14(16)12-10-13-15/h2-13,15H2,1H3. The van der Waals surface area contributed by atoms with Crippen LogP contribution >= 0.6 is 0 Å². The number of carbonyl (C=O) groups excluding carboxylic acids is 1. The lowest BCUT2D eigenvalue weighted by atomic mass is 10.0. The minimum atomic E-state index is 0.399. The molecule has 16 heavy (non-hydrogen) atoms. The molecule has 0 radical (unpaired) electrons. The summed E-state index contributed by atoms with van der Waals surface area (Å²) < 4.78 is 0. The van der Waals surface area contributed by atoms with Gasteiger partial charge in [-0.25, -0.2) is 0 Å². The first-order chi connectivity index (χ1) is 7.81. The van der Waals surface area contributed by atoms with Crippen molar-refractivity contribution < 1.29 is 4.79 Å². The van der Waals surface area contributed by atoms with Crippen molar-refractivity contribution in [1.82, 2.24) is 0 Å². The van der Waals surface area contributed by atoms with Crippen molar-refractivity contribution in [3.05, 3.63) is 0 Å². The summed E-state index contributed by atoms with van der Waals surface area (Å²) in [4.78, 5) is 11.3. The van der Waals surface area contributed by atoms with Crippen molar-refractivity contribution in [3.63, 3.8) is 0 Å². The molecule has 0 aliphatic carbocycles. The van der Waals surface area contributed by atoms with Crippen LogP contribution in [0.1, 0.15) is 77.6 Å². The molecule has 0 rings (SSSR count). The molecule has 0 aliphatic rings. The second kappa shape index (κ2) is 12.7. The van der Waals surface area contributed by atoms with E-state index in [1.807, 2.05) is 0 Å². The molecule has 0 fully saturated rings. The van der Waals surface area contributed by atoms with Gasteiger partial charge in [-0.15, -0.1) is 0 Å². The maximum atomic E-state index is 11.3. The Morgan fingerprint density at radius 1 is 0.812 bits per heavy atom. The summed E-state index contributed by atoms with van der Waals surface area (Å²) in [5, 5.41) is 0. The van der Waals surface area contributed by atoms with E-state index in [9.17, 15) is 4.79 Å². The van der Waals surface area contributed by atoms with E-state index in [0.29, 0.717) is 18.7 Å². The molecule has 0 unspecified atom stereocenters. The Balaban J connectivity index is 3.05. The van der Waals surface area contributed by atoms with Gasteiger partial charge in [-0.05, 0) is 19.4 Å². The molecule has 0 bridgehead atoms. The average molecular weight is 227 g/mol. The average Bonchev–Trinajstić information content (AvgIpc) is 2.30. The van der Waals surface area contributed by atoms with Crippen LogP contribution < -0.4 is 5.73 Å². The van der Waals surface area contributed by atoms with Gasteiger partial charge in [-0.1, -0.05) is 51.9 Å². The Labute approximate surface area is 101 Å². The smallest absolute Gasteiger partial charge is 0.132 e. The summed E-state index contributed by atoms with van der Waals surface area (Å²) in [7, 11) is 0. The maximum absolute atomic E-state index is 11.3. The zero-order valence-corrected chi connectivity index (χ0v) is 11.0. The van der Waals surface area contributed by atoms with Gasteiger partial charge in [0.2, 0.25) is 0 Å². The summed E-state index contributed by atoms with van der Waals surface area (Å²) in [5.41, 5.74) is 5.36. The van der Waals surface area contributed by atoms with E-state index in [-0.39, 0.29) is 0 Å². The highest BCUT2D eigenvalue weighted by molar-refractivity contribution is 5.78. The van der Waals surface area contributed by atoms with Gasteiger partial charge in [0.1, 0.15) is 5.78 Å². The Morgan fingerprint density at radius 3 is 1.88 bits per heavy atom. The molecule has 0 atom stereocenters. The van der Waals surface area contributed by atoms with Crippen LogP contribution in [0.3, 0.4) is 0 Å². The van der Waals surface area contributed by atoms with Crippen LogP contribution in [0.2, 0.25) is 0 Å². The summed E-state index contributed by atoms with van der Waals surface area (Å²) in [6.07, 6.45) is 12.7. The minimum Gasteiger partial charge on any atom is -0.330 e. The highest BCUT2D eigenvalue weighted by Crippen LogP contribution is 2.10. The van der Waals surface area contributed by atoms with Gasteiger partial charge >= 0.3 is 0 Å².